The highest BCUT2D eigenvalue weighted by Gasteiger charge is 2.23. The van der Waals surface area contributed by atoms with Gasteiger partial charge < -0.3 is 4.74 Å². The number of ether oxygens (including phenoxy) is 1. The van der Waals surface area contributed by atoms with Gasteiger partial charge in [0.2, 0.25) is 0 Å². The summed E-state index contributed by atoms with van der Waals surface area (Å²) in [6.45, 7) is 0. The smallest absolute Gasteiger partial charge is 0.164 e. The van der Waals surface area contributed by atoms with Crippen molar-refractivity contribution >= 4 is 10.8 Å². The number of aromatic nitrogens is 3. The van der Waals surface area contributed by atoms with Crippen molar-refractivity contribution in [2.24, 2.45) is 0 Å². The van der Waals surface area contributed by atoms with Crippen LogP contribution < -0.4 is 4.74 Å². The van der Waals surface area contributed by atoms with Crippen LogP contribution in [-0.4, -0.2) is 15.0 Å². The lowest BCUT2D eigenvalue weighted by Gasteiger charge is -2.23. The fraction of sp³-hybridized carbons (Fsp3) is 0. The highest BCUT2D eigenvalue weighted by molar-refractivity contribution is 6.05. The third-order valence-electron chi connectivity index (χ3n) is 8.76. The second kappa shape index (κ2) is 11.2. The lowest BCUT2D eigenvalue weighted by atomic mass is 9.91. The van der Waals surface area contributed by atoms with E-state index in [1.807, 2.05) is 48.5 Å². The number of para-hydroxylation sites is 1. The van der Waals surface area contributed by atoms with Crippen molar-refractivity contribution in [3.8, 4) is 79.0 Å². The minimum Gasteiger partial charge on any atom is -0.455 e. The van der Waals surface area contributed by atoms with Crippen LogP contribution in [0.15, 0.2) is 164 Å². The molecule has 47 heavy (non-hydrogen) atoms. The first-order chi connectivity index (χ1) is 23.3. The molecule has 2 heterocycles. The Kier molecular flexibility index (Phi) is 6.43. The van der Waals surface area contributed by atoms with E-state index >= 15 is 0 Å². The average Bonchev–Trinajstić information content (AvgIpc) is 3.15. The van der Waals surface area contributed by atoms with Gasteiger partial charge in [0.05, 0.1) is 0 Å². The standard InChI is InChI=1S/C43H27N3O/c1-3-10-28(11-4-1)29-20-24-33(25-21-29)42-44-41(32-12-5-2-6-13-32)45-43(46-42)34-26-22-30(23-27-34)35-16-9-18-37-36-17-7-14-31-15-8-19-38(39(31)36)47-40(35)37/h1-27H. The van der Waals surface area contributed by atoms with Gasteiger partial charge in [-0.1, -0.05) is 158 Å². The molecule has 0 atom stereocenters. The topological polar surface area (TPSA) is 47.9 Å². The minimum absolute atomic E-state index is 0.625. The van der Waals surface area contributed by atoms with E-state index in [0.717, 1.165) is 55.8 Å². The Bertz CT molecular complexity index is 2400. The Hall–Kier alpha value is -6.39. The summed E-state index contributed by atoms with van der Waals surface area (Å²) in [6.07, 6.45) is 0. The molecule has 9 rings (SSSR count). The van der Waals surface area contributed by atoms with Crippen LogP contribution in [0.2, 0.25) is 0 Å². The zero-order chi connectivity index (χ0) is 31.2. The van der Waals surface area contributed by atoms with Crippen LogP contribution in [-0.2, 0) is 0 Å². The van der Waals surface area contributed by atoms with Crippen molar-refractivity contribution in [2.45, 2.75) is 0 Å². The fourth-order valence-corrected chi connectivity index (χ4v) is 6.40. The van der Waals surface area contributed by atoms with Gasteiger partial charge in [-0.3, -0.25) is 0 Å². The van der Waals surface area contributed by atoms with Crippen LogP contribution in [0.1, 0.15) is 0 Å². The molecule has 4 nitrogen and oxygen atoms in total. The third kappa shape index (κ3) is 4.84. The number of rotatable bonds is 5. The van der Waals surface area contributed by atoms with E-state index in [9.17, 15) is 0 Å². The molecule has 7 aromatic carbocycles. The Morgan fingerprint density at radius 1 is 0.319 bits per heavy atom. The lowest BCUT2D eigenvalue weighted by Crippen LogP contribution is -2.00. The second-order valence-corrected chi connectivity index (χ2v) is 11.6. The Morgan fingerprint density at radius 2 is 0.766 bits per heavy atom. The van der Waals surface area contributed by atoms with Gasteiger partial charge in [0.1, 0.15) is 11.5 Å². The van der Waals surface area contributed by atoms with Crippen LogP contribution in [0.25, 0.3) is 78.3 Å². The predicted octanol–water partition coefficient (Wildman–Crippen LogP) is 11.1. The molecule has 0 amide bonds. The van der Waals surface area contributed by atoms with E-state index in [1.54, 1.807) is 0 Å². The van der Waals surface area contributed by atoms with Crippen LogP contribution in [0.3, 0.4) is 0 Å². The van der Waals surface area contributed by atoms with Gasteiger partial charge in [-0.2, -0.15) is 0 Å². The SMILES string of the molecule is c1ccc(-c2ccc(-c3nc(-c4ccccc4)nc(-c4ccc(-c5cccc6c5Oc5cccc7cccc-6c57)cc4)n3)cc2)cc1. The van der Waals surface area contributed by atoms with Gasteiger partial charge in [-0.25, -0.2) is 15.0 Å². The van der Waals surface area contributed by atoms with Gasteiger partial charge in [0.25, 0.3) is 0 Å². The maximum absolute atomic E-state index is 6.58. The van der Waals surface area contributed by atoms with E-state index in [0.29, 0.717) is 17.5 Å². The summed E-state index contributed by atoms with van der Waals surface area (Å²) >= 11 is 0. The molecule has 0 aliphatic carbocycles. The number of hydrogen-bond donors (Lipinski definition) is 0. The average molecular weight is 602 g/mol. The summed E-state index contributed by atoms with van der Waals surface area (Å²) in [5, 5.41) is 2.34. The zero-order valence-corrected chi connectivity index (χ0v) is 25.3. The predicted molar refractivity (Wildman–Crippen MR) is 190 cm³/mol. The molecule has 1 aliphatic heterocycles. The molecule has 0 N–H and O–H groups in total. The van der Waals surface area contributed by atoms with Crippen LogP contribution in [0.4, 0.5) is 0 Å². The van der Waals surface area contributed by atoms with Crippen LogP contribution >= 0.6 is 0 Å². The van der Waals surface area contributed by atoms with Crippen molar-refractivity contribution in [2.75, 3.05) is 0 Å². The molecule has 8 aromatic rings. The highest BCUT2D eigenvalue weighted by atomic mass is 16.5. The molecule has 0 spiro atoms. The summed E-state index contributed by atoms with van der Waals surface area (Å²) < 4.78 is 6.58. The van der Waals surface area contributed by atoms with Gasteiger partial charge in [0.15, 0.2) is 17.5 Å². The van der Waals surface area contributed by atoms with E-state index in [1.165, 1.54) is 16.5 Å². The monoisotopic (exact) mass is 601 g/mol. The summed E-state index contributed by atoms with van der Waals surface area (Å²) in [6, 6.07) is 56.3. The first-order valence-electron chi connectivity index (χ1n) is 15.7. The second-order valence-electron chi connectivity index (χ2n) is 11.6. The van der Waals surface area contributed by atoms with Crippen molar-refractivity contribution in [3.05, 3.63) is 164 Å². The highest BCUT2D eigenvalue weighted by Crippen LogP contribution is 2.50. The molecule has 0 saturated carbocycles. The molecule has 4 heteroatoms. The summed E-state index contributed by atoms with van der Waals surface area (Å²) in [7, 11) is 0. The Balaban J connectivity index is 1.10. The van der Waals surface area contributed by atoms with Crippen molar-refractivity contribution in [3.63, 3.8) is 0 Å². The number of hydrogen-bond acceptors (Lipinski definition) is 4. The molecule has 220 valence electrons. The first-order valence-corrected chi connectivity index (χ1v) is 15.7. The minimum atomic E-state index is 0.625. The maximum Gasteiger partial charge on any atom is 0.164 e. The number of fused-ring (bicyclic) bond motifs is 2. The molecule has 0 bridgehead atoms. The molecule has 1 aromatic heterocycles. The summed E-state index contributed by atoms with van der Waals surface area (Å²) in [5.41, 5.74) is 9.51. The van der Waals surface area contributed by atoms with Gasteiger partial charge in [-0.15, -0.1) is 0 Å². The molecule has 0 unspecified atom stereocenters. The lowest BCUT2D eigenvalue weighted by molar-refractivity contribution is 0.489. The molecule has 0 fully saturated rings. The number of nitrogens with zero attached hydrogens (tertiary/aromatic N) is 3. The largest absolute Gasteiger partial charge is 0.455 e. The summed E-state index contributed by atoms with van der Waals surface area (Å²) in [4.78, 5) is 14.8. The summed E-state index contributed by atoms with van der Waals surface area (Å²) in [5.74, 6) is 3.66. The van der Waals surface area contributed by atoms with E-state index in [2.05, 4.69) is 115 Å². The fourth-order valence-electron chi connectivity index (χ4n) is 6.40. The number of benzene rings is 7. The molecule has 1 aliphatic rings. The van der Waals surface area contributed by atoms with E-state index in [-0.39, 0.29) is 0 Å². The third-order valence-corrected chi connectivity index (χ3v) is 8.76. The molecular weight excluding hydrogens is 574 g/mol. The Morgan fingerprint density at radius 3 is 1.40 bits per heavy atom. The van der Waals surface area contributed by atoms with Gasteiger partial charge >= 0.3 is 0 Å². The van der Waals surface area contributed by atoms with Crippen LogP contribution in [0.5, 0.6) is 11.5 Å². The maximum atomic E-state index is 6.58. The van der Waals surface area contributed by atoms with Crippen molar-refractivity contribution < 1.29 is 4.74 Å². The zero-order valence-electron chi connectivity index (χ0n) is 25.3. The quantitative estimate of drug-likeness (QED) is 0.197. The molecule has 0 radical (unpaired) electrons. The molecular formula is C43H27N3O. The van der Waals surface area contributed by atoms with Crippen LogP contribution in [0, 0.1) is 0 Å². The van der Waals surface area contributed by atoms with Gasteiger partial charge in [0, 0.05) is 33.2 Å². The first kappa shape index (κ1) is 27.0. The van der Waals surface area contributed by atoms with Crippen molar-refractivity contribution in [1.82, 2.24) is 15.0 Å². The van der Waals surface area contributed by atoms with E-state index in [4.69, 9.17) is 19.7 Å². The normalized spacial score (nSPS) is 11.6. The Labute approximate surface area is 272 Å². The van der Waals surface area contributed by atoms with Crippen molar-refractivity contribution in [1.29, 1.82) is 0 Å². The van der Waals surface area contributed by atoms with E-state index < -0.39 is 0 Å². The molecule has 0 saturated heterocycles. The van der Waals surface area contributed by atoms with Gasteiger partial charge in [-0.05, 0) is 33.7 Å².